The molecule has 21 heavy (non-hydrogen) atoms. The van der Waals surface area contributed by atoms with Crippen molar-refractivity contribution in [2.24, 2.45) is 0 Å². The van der Waals surface area contributed by atoms with Gasteiger partial charge in [0.2, 0.25) is 10.0 Å². The van der Waals surface area contributed by atoms with Gasteiger partial charge in [-0.15, -0.1) is 0 Å². The number of nitro groups is 1. The normalized spacial score (nSPS) is 12.4. The van der Waals surface area contributed by atoms with Gasteiger partial charge in [-0.3, -0.25) is 10.1 Å². The SMILES string of the molecule is CCC(CC)(CO)NS(=O)(=O)c1cccc([N+](=O)[O-])c1C. The Hall–Kier alpha value is -1.51. The molecule has 0 aromatic heterocycles. The summed E-state index contributed by atoms with van der Waals surface area (Å²) in [5.74, 6) is 0. The lowest BCUT2D eigenvalue weighted by Gasteiger charge is -2.30. The second-order valence-corrected chi connectivity index (χ2v) is 6.56. The van der Waals surface area contributed by atoms with Gasteiger partial charge in [-0.2, -0.15) is 0 Å². The zero-order valence-corrected chi connectivity index (χ0v) is 13.1. The van der Waals surface area contributed by atoms with Crippen molar-refractivity contribution in [1.29, 1.82) is 0 Å². The number of nitrogens with zero attached hydrogens (tertiary/aromatic N) is 1. The van der Waals surface area contributed by atoms with Gasteiger partial charge in [0.25, 0.3) is 5.69 Å². The molecule has 2 N–H and O–H groups in total. The average Bonchev–Trinajstić information content (AvgIpc) is 2.44. The van der Waals surface area contributed by atoms with Gasteiger partial charge < -0.3 is 5.11 Å². The van der Waals surface area contributed by atoms with Gasteiger partial charge >= 0.3 is 0 Å². The summed E-state index contributed by atoms with van der Waals surface area (Å²) in [5, 5.41) is 20.4. The molecule has 0 saturated carbocycles. The van der Waals surface area contributed by atoms with E-state index in [1.807, 2.05) is 0 Å². The number of hydrogen-bond donors (Lipinski definition) is 2. The van der Waals surface area contributed by atoms with E-state index >= 15 is 0 Å². The third-order valence-electron chi connectivity index (χ3n) is 3.75. The van der Waals surface area contributed by atoms with Crippen LogP contribution in [0, 0.1) is 17.0 Å². The van der Waals surface area contributed by atoms with E-state index < -0.39 is 20.5 Å². The Morgan fingerprint density at radius 1 is 1.33 bits per heavy atom. The van der Waals surface area contributed by atoms with Gasteiger partial charge in [0.05, 0.1) is 22.0 Å². The van der Waals surface area contributed by atoms with Crippen LogP contribution in [0.1, 0.15) is 32.3 Å². The predicted octanol–water partition coefficient (Wildman–Crippen LogP) is 1.73. The van der Waals surface area contributed by atoms with Crippen LogP contribution in [0.25, 0.3) is 0 Å². The summed E-state index contributed by atoms with van der Waals surface area (Å²) in [6, 6.07) is 3.91. The zero-order valence-electron chi connectivity index (χ0n) is 12.3. The van der Waals surface area contributed by atoms with Crippen molar-refractivity contribution in [3.05, 3.63) is 33.9 Å². The quantitative estimate of drug-likeness (QED) is 0.588. The maximum Gasteiger partial charge on any atom is 0.273 e. The number of hydrogen-bond acceptors (Lipinski definition) is 5. The molecule has 0 saturated heterocycles. The van der Waals surface area contributed by atoms with Crippen molar-refractivity contribution < 1.29 is 18.4 Å². The molecule has 0 bridgehead atoms. The first-order valence-corrected chi connectivity index (χ1v) is 8.10. The van der Waals surface area contributed by atoms with E-state index in [-0.39, 0.29) is 22.8 Å². The van der Waals surface area contributed by atoms with Gasteiger partial charge in [-0.05, 0) is 25.8 Å². The van der Waals surface area contributed by atoms with E-state index in [1.165, 1.54) is 25.1 Å². The van der Waals surface area contributed by atoms with Crippen LogP contribution in [0.15, 0.2) is 23.1 Å². The molecule has 1 rings (SSSR count). The molecule has 0 spiro atoms. The van der Waals surface area contributed by atoms with Gasteiger partial charge in [-0.25, -0.2) is 13.1 Å². The van der Waals surface area contributed by atoms with E-state index in [0.29, 0.717) is 12.8 Å². The Kier molecular flexibility index (Phi) is 5.43. The molecule has 0 unspecified atom stereocenters. The fourth-order valence-corrected chi connectivity index (χ4v) is 3.88. The Bertz CT molecular complexity index is 615. The lowest BCUT2D eigenvalue weighted by molar-refractivity contribution is -0.385. The Balaban J connectivity index is 3.33. The summed E-state index contributed by atoms with van der Waals surface area (Å²) in [7, 11) is -3.96. The molecule has 0 aliphatic heterocycles. The maximum atomic E-state index is 12.5. The monoisotopic (exact) mass is 316 g/mol. The fourth-order valence-electron chi connectivity index (χ4n) is 2.08. The van der Waals surface area contributed by atoms with Crippen LogP contribution in [-0.2, 0) is 10.0 Å². The van der Waals surface area contributed by atoms with Crippen LogP contribution < -0.4 is 4.72 Å². The highest BCUT2D eigenvalue weighted by molar-refractivity contribution is 7.89. The maximum absolute atomic E-state index is 12.5. The molecule has 0 aliphatic carbocycles. The predicted molar refractivity (Wildman–Crippen MR) is 78.6 cm³/mol. The number of nitrogens with one attached hydrogen (secondary N) is 1. The second kappa shape index (κ2) is 6.50. The van der Waals surface area contributed by atoms with Gasteiger partial charge in [-0.1, -0.05) is 19.9 Å². The highest BCUT2D eigenvalue weighted by Crippen LogP contribution is 2.26. The molecule has 0 atom stereocenters. The molecular formula is C13H20N2O5S. The van der Waals surface area contributed by atoms with Crippen molar-refractivity contribution >= 4 is 15.7 Å². The van der Waals surface area contributed by atoms with E-state index in [4.69, 9.17) is 0 Å². The molecule has 1 aromatic rings. The Morgan fingerprint density at radius 2 is 1.90 bits per heavy atom. The van der Waals surface area contributed by atoms with Crippen LogP contribution in [0.3, 0.4) is 0 Å². The number of sulfonamides is 1. The third kappa shape index (κ3) is 3.58. The minimum Gasteiger partial charge on any atom is -0.394 e. The smallest absolute Gasteiger partial charge is 0.273 e. The van der Waals surface area contributed by atoms with E-state index in [9.17, 15) is 23.6 Å². The van der Waals surface area contributed by atoms with Gasteiger partial charge in [0.15, 0.2) is 0 Å². The number of nitro benzene ring substituents is 1. The summed E-state index contributed by atoms with van der Waals surface area (Å²) < 4.78 is 27.4. The first-order chi connectivity index (χ1) is 9.73. The number of rotatable bonds is 7. The van der Waals surface area contributed by atoms with Crippen molar-refractivity contribution in [3.63, 3.8) is 0 Å². The fraction of sp³-hybridized carbons (Fsp3) is 0.538. The highest BCUT2D eigenvalue weighted by Gasteiger charge is 2.33. The molecule has 0 heterocycles. The van der Waals surface area contributed by atoms with Crippen LogP contribution in [-0.4, -0.2) is 30.6 Å². The van der Waals surface area contributed by atoms with Crippen molar-refractivity contribution in [2.75, 3.05) is 6.61 Å². The highest BCUT2D eigenvalue weighted by atomic mass is 32.2. The minimum absolute atomic E-state index is 0.0778. The Morgan fingerprint density at radius 3 is 2.33 bits per heavy atom. The zero-order chi connectivity index (χ0) is 16.3. The first-order valence-electron chi connectivity index (χ1n) is 6.62. The summed E-state index contributed by atoms with van der Waals surface area (Å²) in [4.78, 5) is 10.1. The number of aliphatic hydroxyl groups is 1. The molecule has 0 aliphatic rings. The lowest BCUT2D eigenvalue weighted by Crippen LogP contribution is -2.50. The van der Waals surface area contributed by atoms with Crippen LogP contribution in [0.2, 0.25) is 0 Å². The summed E-state index contributed by atoms with van der Waals surface area (Å²) in [6.07, 6.45) is 0.820. The van der Waals surface area contributed by atoms with Crippen molar-refractivity contribution in [2.45, 2.75) is 44.0 Å². The molecule has 0 amide bonds. The van der Waals surface area contributed by atoms with Crippen LogP contribution in [0.4, 0.5) is 5.69 Å². The largest absolute Gasteiger partial charge is 0.394 e. The summed E-state index contributed by atoms with van der Waals surface area (Å²) in [5.41, 5.74) is -1.13. The minimum atomic E-state index is -3.96. The number of benzene rings is 1. The van der Waals surface area contributed by atoms with Gasteiger partial charge in [0, 0.05) is 11.6 Å². The third-order valence-corrected chi connectivity index (χ3v) is 5.47. The Labute approximate surface area is 124 Å². The molecule has 118 valence electrons. The summed E-state index contributed by atoms with van der Waals surface area (Å²) in [6.45, 7) is 4.59. The van der Waals surface area contributed by atoms with E-state index in [2.05, 4.69) is 4.72 Å². The van der Waals surface area contributed by atoms with Crippen molar-refractivity contribution in [3.8, 4) is 0 Å². The lowest BCUT2D eigenvalue weighted by atomic mass is 9.96. The number of aliphatic hydroxyl groups excluding tert-OH is 1. The molecule has 7 nitrogen and oxygen atoms in total. The topological polar surface area (TPSA) is 110 Å². The van der Waals surface area contributed by atoms with Crippen molar-refractivity contribution in [1.82, 2.24) is 4.72 Å². The standard InChI is InChI=1S/C13H20N2O5S/c1-4-13(5-2,9-16)14-21(19,20)12-8-6-7-11(10(12)3)15(17)18/h6-8,14,16H,4-5,9H2,1-3H3. The molecular weight excluding hydrogens is 296 g/mol. The summed E-state index contributed by atoms with van der Waals surface area (Å²) >= 11 is 0. The second-order valence-electron chi connectivity index (χ2n) is 4.91. The molecule has 0 radical (unpaired) electrons. The first kappa shape index (κ1) is 17.5. The van der Waals surface area contributed by atoms with Gasteiger partial charge in [0.1, 0.15) is 0 Å². The molecule has 0 fully saturated rings. The van der Waals surface area contributed by atoms with E-state index in [1.54, 1.807) is 13.8 Å². The van der Waals surface area contributed by atoms with Crippen LogP contribution in [0.5, 0.6) is 0 Å². The molecule has 8 heteroatoms. The van der Waals surface area contributed by atoms with E-state index in [0.717, 1.165) is 0 Å². The van der Waals surface area contributed by atoms with Crippen LogP contribution >= 0.6 is 0 Å². The average molecular weight is 316 g/mol. The molecule has 1 aromatic carbocycles.